The molecule has 1 aromatic carbocycles. The Hall–Kier alpha value is -2.20. The molecule has 0 atom stereocenters. The second-order valence-corrected chi connectivity index (χ2v) is 5.84. The first-order valence-electron chi connectivity index (χ1n) is 6.69. The molecule has 0 saturated carbocycles. The number of nitrogens with two attached hydrogens (primary N) is 1. The molecule has 0 fully saturated rings. The van der Waals surface area contributed by atoms with E-state index in [2.05, 4.69) is 27.1 Å². The molecule has 4 nitrogen and oxygen atoms in total. The number of hydrogen-bond acceptors (Lipinski definition) is 3. The zero-order valence-electron chi connectivity index (χ0n) is 11.7. The smallest absolute Gasteiger partial charge is 0.140 e. The van der Waals surface area contributed by atoms with E-state index in [1.54, 1.807) is 6.20 Å². The van der Waals surface area contributed by atoms with E-state index in [9.17, 15) is 0 Å². The predicted molar refractivity (Wildman–Crippen MR) is 81.3 cm³/mol. The van der Waals surface area contributed by atoms with Crippen molar-refractivity contribution in [2.75, 3.05) is 0 Å². The van der Waals surface area contributed by atoms with Crippen LogP contribution in [0, 0.1) is 0 Å². The molecule has 2 heterocycles. The molecule has 0 aliphatic heterocycles. The van der Waals surface area contributed by atoms with Gasteiger partial charge in [0.05, 0.1) is 11.0 Å². The molecule has 20 heavy (non-hydrogen) atoms. The van der Waals surface area contributed by atoms with E-state index >= 15 is 0 Å². The minimum absolute atomic E-state index is 0.208. The van der Waals surface area contributed by atoms with Crippen LogP contribution in [0.1, 0.15) is 19.4 Å². The second-order valence-electron chi connectivity index (χ2n) is 5.84. The number of pyridine rings is 1. The van der Waals surface area contributed by atoms with Crippen molar-refractivity contribution in [2.45, 2.75) is 25.8 Å². The molecular formula is C16H18N4. The lowest BCUT2D eigenvalue weighted by Gasteiger charge is -2.18. The summed E-state index contributed by atoms with van der Waals surface area (Å²) in [5.74, 6) is 0.845. The Bertz CT molecular complexity index is 723. The Labute approximate surface area is 118 Å². The van der Waals surface area contributed by atoms with Crippen LogP contribution in [0.3, 0.4) is 0 Å². The number of H-pyrrole nitrogens is 1. The van der Waals surface area contributed by atoms with E-state index in [4.69, 9.17) is 5.73 Å². The molecule has 0 bridgehead atoms. The molecule has 4 heteroatoms. The molecule has 0 saturated heterocycles. The maximum absolute atomic E-state index is 6.07. The monoisotopic (exact) mass is 266 g/mol. The summed E-state index contributed by atoms with van der Waals surface area (Å²) in [6.07, 6.45) is 4.40. The summed E-state index contributed by atoms with van der Waals surface area (Å²) in [7, 11) is 0. The third-order valence-corrected chi connectivity index (χ3v) is 3.14. The molecule has 0 unspecified atom stereocenters. The summed E-state index contributed by atoms with van der Waals surface area (Å²) < 4.78 is 0. The topological polar surface area (TPSA) is 67.6 Å². The molecule has 102 valence electrons. The maximum atomic E-state index is 6.07. The highest BCUT2D eigenvalue weighted by molar-refractivity contribution is 5.79. The molecule has 0 amide bonds. The second kappa shape index (κ2) is 4.72. The van der Waals surface area contributed by atoms with E-state index in [0.29, 0.717) is 0 Å². The number of benzene rings is 1. The molecule has 0 spiro atoms. The van der Waals surface area contributed by atoms with Gasteiger partial charge in [0.2, 0.25) is 0 Å². The zero-order chi connectivity index (χ0) is 14.2. The average molecular weight is 266 g/mol. The Morgan fingerprint density at radius 3 is 2.80 bits per heavy atom. The molecule has 0 radical (unpaired) electrons. The van der Waals surface area contributed by atoms with Crippen molar-refractivity contribution in [1.82, 2.24) is 15.0 Å². The molecule has 3 rings (SSSR count). The maximum Gasteiger partial charge on any atom is 0.140 e. The third kappa shape index (κ3) is 2.70. The van der Waals surface area contributed by atoms with Crippen LogP contribution in [-0.4, -0.2) is 20.5 Å². The minimum Gasteiger partial charge on any atom is -0.338 e. The van der Waals surface area contributed by atoms with Crippen LogP contribution in [0.2, 0.25) is 0 Å². The number of nitrogens with zero attached hydrogens (tertiary/aromatic N) is 2. The lowest BCUT2D eigenvalue weighted by atomic mass is 9.96. The first kappa shape index (κ1) is 12.8. The summed E-state index contributed by atoms with van der Waals surface area (Å²) in [6, 6.07) is 10.1. The Kier molecular flexibility index (Phi) is 3.03. The molecule has 0 aliphatic rings. The van der Waals surface area contributed by atoms with Crippen molar-refractivity contribution in [3.63, 3.8) is 0 Å². The number of nitrogens with one attached hydrogen (secondary N) is 1. The average Bonchev–Trinajstić information content (AvgIpc) is 2.81. The van der Waals surface area contributed by atoms with Gasteiger partial charge < -0.3 is 10.7 Å². The van der Waals surface area contributed by atoms with Gasteiger partial charge >= 0.3 is 0 Å². The van der Waals surface area contributed by atoms with Crippen LogP contribution in [-0.2, 0) is 6.42 Å². The summed E-state index contributed by atoms with van der Waals surface area (Å²) in [6.45, 7) is 4.07. The van der Waals surface area contributed by atoms with E-state index in [-0.39, 0.29) is 5.54 Å². The molecule has 3 aromatic rings. The standard InChI is InChI=1S/C16H18N4/c1-16(2,17)9-11-5-6-13-14(8-11)20-15(19-13)12-4-3-7-18-10-12/h3-8,10H,9,17H2,1-2H3,(H,19,20). The van der Waals surface area contributed by atoms with Gasteiger partial charge in [-0.1, -0.05) is 6.07 Å². The Balaban J connectivity index is 2.00. The van der Waals surface area contributed by atoms with Gasteiger partial charge in [-0.3, -0.25) is 4.98 Å². The SMILES string of the molecule is CC(C)(N)Cc1ccc2nc(-c3cccnc3)[nH]c2c1. The van der Waals surface area contributed by atoms with Crippen LogP contribution in [0.4, 0.5) is 0 Å². The van der Waals surface area contributed by atoms with Gasteiger partial charge in [-0.25, -0.2) is 4.98 Å². The zero-order valence-corrected chi connectivity index (χ0v) is 11.7. The van der Waals surface area contributed by atoms with E-state index in [1.165, 1.54) is 5.56 Å². The van der Waals surface area contributed by atoms with Crippen LogP contribution < -0.4 is 5.73 Å². The van der Waals surface area contributed by atoms with Gasteiger partial charge in [-0.05, 0) is 50.1 Å². The van der Waals surface area contributed by atoms with Crippen molar-refractivity contribution < 1.29 is 0 Å². The van der Waals surface area contributed by atoms with Gasteiger partial charge in [-0.15, -0.1) is 0 Å². The lowest BCUT2D eigenvalue weighted by Crippen LogP contribution is -2.34. The summed E-state index contributed by atoms with van der Waals surface area (Å²) >= 11 is 0. The van der Waals surface area contributed by atoms with Gasteiger partial charge in [0, 0.05) is 23.5 Å². The van der Waals surface area contributed by atoms with Crippen molar-refractivity contribution in [3.8, 4) is 11.4 Å². The van der Waals surface area contributed by atoms with Crippen LogP contribution in [0.15, 0.2) is 42.7 Å². The molecular weight excluding hydrogens is 248 g/mol. The first-order chi connectivity index (χ1) is 9.51. The minimum atomic E-state index is -0.208. The Morgan fingerprint density at radius 1 is 1.25 bits per heavy atom. The quantitative estimate of drug-likeness (QED) is 0.766. The predicted octanol–water partition coefficient (Wildman–Crippen LogP) is 2.90. The summed E-state index contributed by atoms with van der Waals surface area (Å²) in [5, 5.41) is 0. The van der Waals surface area contributed by atoms with Gasteiger partial charge in [0.15, 0.2) is 0 Å². The lowest BCUT2D eigenvalue weighted by molar-refractivity contribution is 0.517. The fourth-order valence-electron chi connectivity index (χ4n) is 2.33. The van der Waals surface area contributed by atoms with Crippen molar-refractivity contribution >= 4 is 11.0 Å². The molecule has 0 aliphatic carbocycles. The van der Waals surface area contributed by atoms with Crippen LogP contribution >= 0.6 is 0 Å². The molecule has 2 aromatic heterocycles. The van der Waals surface area contributed by atoms with Gasteiger partial charge in [-0.2, -0.15) is 0 Å². The van der Waals surface area contributed by atoms with Gasteiger partial charge in [0.1, 0.15) is 5.82 Å². The number of aromatic amines is 1. The number of fused-ring (bicyclic) bond motifs is 1. The van der Waals surface area contributed by atoms with E-state index < -0.39 is 0 Å². The van der Waals surface area contributed by atoms with Gasteiger partial charge in [0.25, 0.3) is 0 Å². The van der Waals surface area contributed by atoms with Crippen molar-refractivity contribution in [1.29, 1.82) is 0 Å². The van der Waals surface area contributed by atoms with Crippen LogP contribution in [0.5, 0.6) is 0 Å². The number of imidazole rings is 1. The number of rotatable bonds is 3. The van der Waals surface area contributed by atoms with Crippen molar-refractivity contribution in [3.05, 3.63) is 48.3 Å². The first-order valence-corrected chi connectivity index (χ1v) is 6.69. The number of aromatic nitrogens is 3. The normalized spacial score (nSPS) is 11.9. The van der Waals surface area contributed by atoms with Crippen LogP contribution in [0.25, 0.3) is 22.4 Å². The largest absolute Gasteiger partial charge is 0.338 e. The third-order valence-electron chi connectivity index (χ3n) is 3.14. The van der Waals surface area contributed by atoms with Crippen molar-refractivity contribution in [2.24, 2.45) is 5.73 Å². The molecule has 3 N–H and O–H groups in total. The highest BCUT2D eigenvalue weighted by Crippen LogP contribution is 2.21. The summed E-state index contributed by atoms with van der Waals surface area (Å²) in [5.41, 5.74) is 10.1. The fourth-order valence-corrected chi connectivity index (χ4v) is 2.33. The van der Waals surface area contributed by atoms with E-state index in [0.717, 1.165) is 28.8 Å². The Morgan fingerprint density at radius 2 is 2.10 bits per heavy atom. The fraction of sp³-hybridized carbons (Fsp3) is 0.250. The highest BCUT2D eigenvalue weighted by Gasteiger charge is 2.13. The number of hydrogen-bond donors (Lipinski definition) is 2. The summed E-state index contributed by atoms with van der Waals surface area (Å²) in [4.78, 5) is 12.1. The highest BCUT2D eigenvalue weighted by atomic mass is 14.9. The van der Waals surface area contributed by atoms with E-state index in [1.807, 2.05) is 38.2 Å².